The standard InChI is InChI=1S/C16H13N3O3S/c17-16-18-15(10-23-16)12-2-1-3-14(8-12)22-9-11-4-6-13(7-5-11)19(20)21/h1-8,10H,9H2,(H2,17,18). The van der Waals surface area contributed by atoms with Crippen molar-refractivity contribution in [2.75, 3.05) is 5.73 Å². The van der Waals surface area contributed by atoms with Crippen molar-refractivity contribution in [3.63, 3.8) is 0 Å². The Labute approximate surface area is 136 Å². The Morgan fingerprint density at radius 2 is 2.00 bits per heavy atom. The lowest BCUT2D eigenvalue weighted by Gasteiger charge is -2.07. The molecule has 0 fully saturated rings. The molecule has 116 valence electrons. The Bertz CT molecular complexity index is 831. The van der Waals surface area contributed by atoms with E-state index >= 15 is 0 Å². The van der Waals surface area contributed by atoms with Gasteiger partial charge in [0.05, 0.1) is 10.6 Å². The number of nitro benzene ring substituents is 1. The SMILES string of the molecule is Nc1nc(-c2cccc(OCc3ccc([N+](=O)[O-])cc3)c2)cs1. The predicted molar refractivity (Wildman–Crippen MR) is 89.4 cm³/mol. The zero-order valence-corrected chi connectivity index (χ0v) is 12.8. The highest BCUT2D eigenvalue weighted by atomic mass is 32.1. The second-order valence-electron chi connectivity index (χ2n) is 4.81. The van der Waals surface area contributed by atoms with Crippen molar-refractivity contribution in [2.24, 2.45) is 0 Å². The number of nitrogens with zero attached hydrogens (tertiary/aromatic N) is 2. The minimum atomic E-state index is -0.423. The second-order valence-corrected chi connectivity index (χ2v) is 5.70. The fraction of sp³-hybridized carbons (Fsp3) is 0.0625. The van der Waals surface area contributed by atoms with Gasteiger partial charge in [-0.15, -0.1) is 11.3 Å². The highest BCUT2D eigenvalue weighted by molar-refractivity contribution is 7.13. The zero-order valence-electron chi connectivity index (χ0n) is 12.0. The largest absolute Gasteiger partial charge is 0.489 e. The summed E-state index contributed by atoms with van der Waals surface area (Å²) in [6.07, 6.45) is 0. The molecule has 0 bridgehead atoms. The first-order chi connectivity index (χ1) is 11.1. The molecule has 3 rings (SSSR count). The van der Waals surface area contributed by atoms with Gasteiger partial charge in [0.2, 0.25) is 0 Å². The summed E-state index contributed by atoms with van der Waals surface area (Å²) in [6.45, 7) is 0.334. The summed E-state index contributed by atoms with van der Waals surface area (Å²) in [6, 6.07) is 13.9. The first kappa shape index (κ1) is 15.0. The lowest BCUT2D eigenvalue weighted by molar-refractivity contribution is -0.384. The topological polar surface area (TPSA) is 91.3 Å². The fourth-order valence-corrected chi connectivity index (χ4v) is 2.62. The van der Waals surface area contributed by atoms with Crippen molar-refractivity contribution < 1.29 is 9.66 Å². The number of hydrogen-bond donors (Lipinski definition) is 1. The van der Waals surface area contributed by atoms with Crippen LogP contribution in [-0.4, -0.2) is 9.91 Å². The van der Waals surface area contributed by atoms with Crippen LogP contribution in [0, 0.1) is 10.1 Å². The van der Waals surface area contributed by atoms with Crippen molar-refractivity contribution in [2.45, 2.75) is 6.61 Å². The lowest BCUT2D eigenvalue weighted by atomic mass is 10.1. The Morgan fingerprint density at radius 1 is 1.22 bits per heavy atom. The van der Waals surface area contributed by atoms with E-state index in [1.807, 2.05) is 29.6 Å². The van der Waals surface area contributed by atoms with E-state index in [0.717, 1.165) is 16.8 Å². The highest BCUT2D eigenvalue weighted by Gasteiger charge is 2.06. The van der Waals surface area contributed by atoms with Gasteiger partial charge in [0.15, 0.2) is 5.13 Å². The Kier molecular flexibility index (Phi) is 4.20. The predicted octanol–water partition coefficient (Wildman–Crippen LogP) is 3.88. The molecule has 6 nitrogen and oxygen atoms in total. The van der Waals surface area contributed by atoms with Gasteiger partial charge in [-0.1, -0.05) is 12.1 Å². The molecule has 23 heavy (non-hydrogen) atoms. The van der Waals surface area contributed by atoms with Crippen LogP contribution >= 0.6 is 11.3 Å². The lowest BCUT2D eigenvalue weighted by Crippen LogP contribution is -1.96. The van der Waals surface area contributed by atoms with Crippen LogP contribution in [0.3, 0.4) is 0 Å². The van der Waals surface area contributed by atoms with Crippen molar-refractivity contribution in [1.29, 1.82) is 0 Å². The Balaban J connectivity index is 1.69. The molecule has 0 saturated heterocycles. The molecule has 0 unspecified atom stereocenters. The van der Waals surface area contributed by atoms with Crippen LogP contribution in [-0.2, 0) is 6.61 Å². The van der Waals surface area contributed by atoms with Crippen molar-refractivity contribution in [1.82, 2.24) is 4.98 Å². The van der Waals surface area contributed by atoms with E-state index in [-0.39, 0.29) is 5.69 Å². The quantitative estimate of drug-likeness (QED) is 0.567. The number of nitrogen functional groups attached to an aromatic ring is 1. The van der Waals surface area contributed by atoms with Gasteiger partial charge in [-0.05, 0) is 29.8 Å². The van der Waals surface area contributed by atoms with Crippen LogP contribution in [0.1, 0.15) is 5.56 Å². The number of non-ortho nitro benzene ring substituents is 1. The third-order valence-electron chi connectivity index (χ3n) is 3.20. The van der Waals surface area contributed by atoms with Gasteiger partial charge in [-0.25, -0.2) is 4.98 Å². The molecule has 2 N–H and O–H groups in total. The first-order valence-electron chi connectivity index (χ1n) is 6.79. The van der Waals surface area contributed by atoms with Gasteiger partial charge >= 0.3 is 0 Å². The summed E-state index contributed by atoms with van der Waals surface area (Å²) in [7, 11) is 0. The van der Waals surface area contributed by atoms with Crippen molar-refractivity contribution in [3.8, 4) is 17.0 Å². The third kappa shape index (κ3) is 3.64. The molecule has 0 saturated carbocycles. The molecule has 0 atom stereocenters. The average molecular weight is 327 g/mol. The van der Waals surface area contributed by atoms with Gasteiger partial charge in [0, 0.05) is 23.1 Å². The number of nitro groups is 1. The van der Waals surface area contributed by atoms with Crippen LogP contribution in [0.2, 0.25) is 0 Å². The normalized spacial score (nSPS) is 10.4. The first-order valence-corrected chi connectivity index (χ1v) is 7.67. The minimum Gasteiger partial charge on any atom is -0.489 e. The fourth-order valence-electron chi connectivity index (χ4n) is 2.05. The van der Waals surface area contributed by atoms with Crippen molar-refractivity contribution >= 4 is 22.2 Å². The van der Waals surface area contributed by atoms with Crippen LogP contribution in [0.5, 0.6) is 5.75 Å². The molecule has 0 aliphatic heterocycles. The summed E-state index contributed by atoms with van der Waals surface area (Å²) in [5.74, 6) is 0.701. The van der Waals surface area contributed by atoms with Gasteiger partial charge in [0.25, 0.3) is 5.69 Å². The Morgan fingerprint density at radius 3 is 2.65 bits per heavy atom. The number of hydrogen-bond acceptors (Lipinski definition) is 6. The number of ether oxygens (including phenoxy) is 1. The molecular weight excluding hydrogens is 314 g/mol. The monoisotopic (exact) mass is 327 g/mol. The number of nitrogens with two attached hydrogens (primary N) is 1. The van der Waals surface area contributed by atoms with Crippen LogP contribution in [0.4, 0.5) is 10.8 Å². The van der Waals surface area contributed by atoms with Gasteiger partial charge < -0.3 is 10.5 Å². The number of thiazole rings is 1. The molecule has 0 radical (unpaired) electrons. The summed E-state index contributed by atoms with van der Waals surface area (Å²) < 4.78 is 5.74. The van der Waals surface area contributed by atoms with E-state index in [0.29, 0.717) is 17.5 Å². The van der Waals surface area contributed by atoms with Crippen LogP contribution in [0.25, 0.3) is 11.3 Å². The molecule has 3 aromatic rings. The molecule has 2 aromatic carbocycles. The van der Waals surface area contributed by atoms with Gasteiger partial charge in [0.1, 0.15) is 12.4 Å². The number of anilines is 1. The average Bonchev–Trinajstić information content (AvgIpc) is 3.00. The third-order valence-corrected chi connectivity index (χ3v) is 3.88. The van der Waals surface area contributed by atoms with E-state index in [2.05, 4.69) is 4.98 Å². The highest BCUT2D eigenvalue weighted by Crippen LogP contribution is 2.26. The number of benzene rings is 2. The second kappa shape index (κ2) is 6.45. The van der Waals surface area contributed by atoms with Crippen LogP contribution in [0.15, 0.2) is 53.9 Å². The van der Waals surface area contributed by atoms with E-state index in [4.69, 9.17) is 10.5 Å². The van der Waals surface area contributed by atoms with E-state index in [1.54, 1.807) is 12.1 Å². The summed E-state index contributed by atoms with van der Waals surface area (Å²) >= 11 is 1.39. The van der Waals surface area contributed by atoms with E-state index < -0.39 is 4.92 Å². The molecule has 0 amide bonds. The van der Waals surface area contributed by atoms with E-state index in [9.17, 15) is 10.1 Å². The molecule has 7 heteroatoms. The van der Waals surface area contributed by atoms with E-state index in [1.165, 1.54) is 23.5 Å². The zero-order chi connectivity index (χ0) is 16.2. The number of rotatable bonds is 5. The molecule has 1 aromatic heterocycles. The smallest absolute Gasteiger partial charge is 0.269 e. The molecular formula is C16H13N3O3S. The molecule has 0 aliphatic carbocycles. The van der Waals surface area contributed by atoms with Gasteiger partial charge in [-0.2, -0.15) is 0 Å². The Hall–Kier alpha value is -2.93. The number of aromatic nitrogens is 1. The maximum Gasteiger partial charge on any atom is 0.269 e. The molecule has 0 aliphatic rings. The van der Waals surface area contributed by atoms with Crippen LogP contribution < -0.4 is 10.5 Å². The maximum atomic E-state index is 10.6. The van der Waals surface area contributed by atoms with Crippen molar-refractivity contribution in [3.05, 3.63) is 69.6 Å². The summed E-state index contributed by atoms with van der Waals surface area (Å²) in [5.41, 5.74) is 8.32. The molecule has 1 heterocycles. The van der Waals surface area contributed by atoms with Gasteiger partial charge in [-0.3, -0.25) is 10.1 Å². The summed E-state index contributed by atoms with van der Waals surface area (Å²) in [5, 5.41) is 13.0. The maximum absolute atomic E-state index is 10.6. The minimum absolute atomic E-state index is 0.0665. The molecule has 0 spiro atoms. The summed E-state index contributed by atoms with van der Waals surface area (Å²) in [4.78, 5) is 14.4.